The molecule has 0 saturated carbocycles. The monoisotopic (exact) mass is 349 g/mol. The SMILES string of the molecule is COc1cccc(CNCc2cnc(-c3cccc(C)c3)nc2)c1OC. The zero-order valence-corrected chi connectivity index (χ0v) is 15.3. The van der Waals surface area contributed by atoms with Crippen molar-refractivity contribution in [1.29, 1.82) is 0 Å². The molecule has 0 aliphatic carbocycles. The topological polar surface area (TPSA) is 56.3 Å². The van der Waals surface area contributed by atoms with Crippen molar-refractivity contribution >= 4 is 0 Å². The molecular formula is C21H23N3O2. The molecule has 0 aliphatic rings. The molecule has 0 unspecified atom stereocenters. The van der Waals surface area contributed by atoms with Gasteiger partial charge in [0.25, 0.3) is 0 Å². The molecule has 1 N–H and O–H groups in total. The average molecular weight is 349 g/mol. The summed E-state index contributed by atoms with van der Waals surface area (Å²) in [6, 6.07) is 14.1. The molecular weight excluding hydrogens is 326 g/mol. The Morgan fingerprint density at radius 2 is 1.69 bits per heavy atom. The van der Waals surface area contributed by atoms with Gasteiger partial charge in [-0.05, 0) is 19.1 Å². The highest BCUT2D eigenvalue weighted by molar-refractivity contribution is 5.55. The van der Waals surface area contributed by atoms with E-state index in [1.165, 1.54) is 5.56 Å². The molecule has 3 rings (SSSR count). The van der Waals surface area contributed by atoms with Crippen molar-refractivity contribution in [2.24, 2.45) is 0 Å². The van der Waals surface area contributed by atoms with Crippen LogP contribution in [0, 0.1) is 6.92 Å². The van der Waals surface area contributed by atoms with Gasteiger partial charge >= 0.3 is 0 Å². The minimum absolute atomic E-state index is 0.667. The first-order valence-corrected chi connectivity index (χ1v) is 8.50. The molecule has 1 heterocycles. The molecule has 0 aliphatic heterocycles. The van der Waals surface area contributed by atoms with E-state index in [0.29, 0.717) is 13.1 Å². The number of hydrogen-bond acceptors (Lipinski definition) is 5. The maximum absolute atomic E-state index is 5.45. The first-order chi connectivity index (χ1) is 12.7. The van der Waals surface area contributed by atoms with Crippen molar-refractivity contribution in [2.75, 3.05) is 14.2 Å². The minimum atomic E-state index is 0.667. The molecule has 0 spiro atoms. The van der Waals surface area contributed by atoms with Gasteiger partial charge < -0.3 is 14.8 Å². The maximum atomic E-state index is 5.45. The summed E-state index contributed by atoms with van der Waals surface area (Å²) in [4.78, 5) is 8.96. The lowest BCUT2D eigenvalue weighted by Gasteiger charge is -2.13. The summed E-state index contributed by atoms with van der Waals surface area (Å²) < 4.78 is 10.8. The predicted molar refractivity (Wildman–Crippen MR) is 102 cm³/mol. The number of benzene rings is 2. The molecule has 3 aromatic rings. The Kier molecular flexibility index (Phi) is 5.81. The van der Waals surface area contributed by atoms with Crippen LogP contribution in [-0.4, -0.2) is 24.2 Å². The lowest BCUT2D eigenvalue weighted by Crippen LogP contribution is -2.14. The van der Waals surface area contributed by atoms with Crippen LogP contribution in [0.5, 0.6) is 11.5 Å². The van der Waals surface area contributed by atoms with Crippen LogP contribution in [0.3, 0.4) is 0 Å². The number of nitrogens with zero attached hydrogens (tertiary/aromatic N) is 2. The summed E-state index contributed by atoms with van der Waals surface area (Å²) in [5.41, 5.74) is 4.31. The molecule has 0 radical (unpaired) electrons. The lowest BCUT2D eigenvalue weighted by molar-refractivity contribution is 0.350. The van der Waals surface area contributed by atoms with Gasteiger partial charge in [0, 0.05) is 42.2 Å². The Morgan fingerprint density at radius 1 is 0.923 bits per heavy atom. The van der Waals surface area contributed by atoms with E-state index in [0.717, 1.165) is 34.0 Å². The molecule has 5 nitrogen and oxygen atoms in total. The zero-order chi connectivity index (χ0) is 18.4. The van der Waals surface area contributed by atoms with Crippen LogP contribution >= 0.6 is 0 Å². The fourth-order valence-electron chi connectivity index (χ4n) is 2.81. The quantitative estimate of drug-likeness (QED) is 0.704. The number of nitrogens with one attached hydrogen (secondary N) is 1. The Labute approximate surface area is 154 Å². The summed E-state index contributed by atoms with van der Waals surface area (Å²) in [5, 5.41) is 3.40. The van der Waals surface area contributed by atoms with Gasteiger partial charge in [0.2, 0.25) is 0 Å². The first kappa shape index (κ1) is 17.9. The Bertz CT molecular complexity index is 863. The molecule has 0 atom stereocenters. The summed E-state index contributed by atoms with van der Waals surface area (Å²) in [6.45, 7) is 3.41. The van der Waals surface area contributed by atoms with E-state index in [-0.39, 0.29) is 0 Å². The Morgan fingerprint density at radius 3 is 2.38 bits per heavy atom. The molecule has 0 saturated heterocycles. The second-order valence-electron chi connectivity index (χ2n) is 6.04. The fraction of sp³-hybridized carbons (Fsp3) is 0.238. The van der Waals surface area contributed by atoms with Gasteiger partial charge in [0.1, 0.15) is 0 Å². The van der Waals surface area contributed by atoms with Crippen LogP contribution < -0.4 is 14.8 Å². The van der Waals surface area contributed by atoms with Crippen LogP contribution in [0.1, 0.15) is 16.7 Å². The van der Waals surface area contributed by atoms with E-state index in [2.05, 4.69) is 34.3 Å². The first-order valence-electron chi connectivity index (χ1n) is 8.50. The van der Waals surface area contributed by atoms with Crippen molar-refractivity contribution < 1.29 is 9.47 Å². The zero-order valence-electron chi connectivity index (χ0n) is 15.3. The molecule has 5 heteroatoms. The van der Waals surface area contributed by atoms with Gasteiger partial charge in [-0.1, -0.05) is 35.9 Å². The molecule has 0 amide bonds. The highest BCUT2D eigenvalue weighted by Gasteiger charge is 2.09. The minimum Gasteiger partial charge on any atom is -0.493 e. The average Bonchev–Trinajstić information content (AvgIpc) is 2.68. The van der Waals surface area contributed by atoms with E-state index in [9.17, 15) is 0 Å². The number of ether oxygens (including phenoxy) is 2. The van der Waals surface area contributed by atoms with E-state index in [1.807, 2.05) is 42.7 Å². The standard InChI is InChI=1S/C21H23N3O2/c1-15-6-4-7-17(10-15)21-23-12-16(13-24-21)11-22-14-18-8-5-9-19(25-2)20(18)26-3/h4-10,12-13,22H,11,14H2,1-3H3. The van der Waals surface area contributed by atoms with Crippen LogP contribution in [0.4, 0.5) is 0 Å². The van der Waals surface area contributed by atoms with Crippen LogP contribution in [-0.2, 0) is 13.1 Å². The molecule has 0 fully saturated rings. The molecule has 1 aromatic heterocycles. The Balaban J connectivity index is 1.62. The van der Waals surface area contributed by atoms with Crippen molar-refractivity contribution in [3.63, 3.8) is 0 Å². The number of rotatable bonds is 7. The molecule has 0 bridgehead atoms. The summed E-state index contributed by atoms with van der Waals surface area (Å²) in [7, 11) is 3.29. The van der Waals surface area contributed by atoms with Crippen molar-refractivity contribution in [2.45, 2.75) is 20.0 Å². The van der Waals surface area contributed by atoms with Crippen molar-refractivity contribution in [1.82, 2.24) is 15.3 Å². The number of methoxy groups -OCH3 is 2. The normalized spacial score (nSPS) is 10.6. The van der Waals surface area contributed by atoms with E-state index in [1.54, 1.807) is 14.2 Å². The highest BCUT2D eigenvalue weighted by Crippen LogP contribution is 2.30. The second-order valence-corrected chi connectivity index (χ2v) is 6.04. The van der Waals surface area contributed by atoms with Gasteiger partial charge in [-0.15, -0.1) is 0 Å². The lowest BCUT2D eigenvalue weighted by atomic mass is 10.1. The maximum Gasteiger partial charge on any atom is 0.165 e. The van der Waals surface area contributed by atoms with Gasteiger partial charge in [0.15, 0.2) is 17.3 Å². The third kappa shape index (κ3) is 4.18. The summed E-state index contributed by atoms with van der Waals surface area (Å²) >= 11 is 0. The van der Waals surface area contributed by atoms with Crippen LogP contribution in [0.2, 0.25) is 0 Å². The largest absolute Gasteiger partial charge is 0.493 e. The molecule has 2 aromatic carbocycles. The third-order valence-corrected chi connectivity index (χ3v) is 4.11. The van der Waals surface area contributed by atoms with Crippen LogP contribution in [0.25, 0.3) is 11.4 Å². The summed E-state index contributed by atoms with van der Waals surface area (Å²) in [5.74, 6) is 2.23. The second kappa shape index (κ2) is 8.45. The molecule has 134 valence electrons. The number of para-hydroxylation sites is 1. The van der Waals surface area contributed by atoms with Gasteiger partial charge in [-0.25, -0.2) is 9.97 Å². The van der Waals surface area contributed by atoms with Crippen molar-refractivity contribution in [3.05, 3.63) is 71.5 Å². The smallest absolute Gasteiger partial charge is 0.165 e. The van der Waals surface area contributed by atoms with E-state index >= 15 is 0 Å². The van der Waals surface area contributed by atoms with E-state index < -0.39 is 0 Å². The van der Waals surface area contributed by atoms with E-state index in [4.69, 9.17) is 9.47 Å². The van der Waals surface area contributed by atoms with Gasteiger partial charge in [-0.2, -0.15) is 0 Å². The summed E-state index contributed by atoms with van der Waals surface area (Å²) in [6.07, 6.45) is 3.72. The number of hydrogen-bond donors (Lipinski definition) is 1. The van der Waals surface area contributed by atoms with Crippen LogP contribution in [0.15, 0.2) is 54.9 Å². The Hall–Kier alpha value is -2.92. The predicted octanol–water partition coefficient (Wildman–Crippen LogP) is 3.76. The van der Waals surface area contributed by atoms with Crippen molar-refractivity contribution in [3.8, 4) is 22.9 Å². The molecule has 26 heavy (non-hydrogen) atoms. The fourth-order valence-corrected chi connectivity index (χ4v) is 2.81. The van der Waals surface area contributed by atoms with Gasteiger partial charge in [-0.3, -0.25) is 0 Å². The van der Waals surface area contributed by atoms with Gasteiger partial charge in [0.05, 0.1) is 14.2 Å². The third-order valence-electron chi connectivity index (χ3n) is 4.11. The number of aryl methyl sites for hydroxylation is 1. The number of aromatic nitrogens is 2. The highest BCUT2D eigenvalue weighted by atomic mass is 16.5.